The van der Waals surface area contributed by atoms with Gasteiger partial charge in [-0.25, -0.2) is 4.70 Å². The third-order valence-electron chi connectivity index (χ3n) is 18.8. The van der Waals surface area contributed by atoms with Crippen molar-refractivity contribution in [2.24, 2.45) is 0 Å². The Bertz CT molecular complexity index is 1770. The second-order valence-corrected chi connectivity index (χ2v) is 27.5. The predicted octanol–water partition coefficient (Wildman–Crippen LogP) is 30.3. The zero-order valence-corrected chi connectivity index (χ0v) is 61.8. The van der Waals surface area contributed by atoms with E-state index in [1.165, 1.54) is 359 Å². The number of nitrogens with zero attached hydrogens (tertiary/aromatic N) is 2. The van der Waals surface area contributed by atoms with Gasteiger partial charge in [-0.05, 0) is 124 Å². The van der Waals surface area contributed by atoms with E-state index in [4.69, 9.17) is 0 Å². The molecule has 0 unspecified atom stereocenters. The second kappa shape index (κ2) is 65.1. The van der Waals surface area contributed by atoms with Crippen LogP contribution in [-0.2, 0) is 42.2 Å². The summed E-state index contributed by atoms with van der Waals surface area (Å²) in [5.41, 5.74) is 25.6. The van der Waals surface area contributed by atoms with E-state index >= 15 is 0 Å². The Kier molecular flexibility index (Phi) is 63.6. The molecule has 0 fully saturated rings. The molecule has 0 bridgehead atoms. The maximum atomic E-state index is 12.5. The third kappa shape index (κ3) is 45.3. The van der Waals surface area contributed by atoms with Crippen LogP contribution in [0.4, 0.5) is 0 Å². The molecule has 0 saturated carbocycles. The van der Waals surface area contributed by atoms with Crippen LogP contribution in [0.5, 0.6) is 0 Å². The Balaban J connectivity index is 0.00000153. The van der Waals surface area contributed by atoms with E-state index in [-0.39, 0.29) is 16.5 Å². The Hall–Kier alpha value is -1.99. The molecule has 3 rings (SSSR count). The van der Waals surface area contributed by atoms with Crippen molar-refractivity contribution in [1.82, 2.24) is 0 Å². The number of hydrogen-bond donors (Lipinski definition) is 0. The zero-order valence-electron chi connectivity index (χ0n) is 60.8. The predicted molar refractivity (Wildman–Crippen MR) is 395 cm³/mol. The van der Waals surface area contributed by atoms with Gasteiger partial charge in [0, 0.05) is 22.3 Å². The van der Waals surface area contributed by atoms with Crippen LogP contribution in [0, 0.1) is 13.8 Å². The van der Waals surface area contributed by atoms with Gasteiger partial charge >= 0.3 is 16.5 Å². The Morgan fingerprint density at radius 1 is 0.239 bits per heavy atom. The molecule has 0 saturated heterocycles. The van der Waals surface area contributed by atoms with E-state index in [2.05, 4.69) is 106 Å². The first-order valence-electron chi connectivity index (χ1n) is 39.6. The number of unbranched alkanes of at least 4 members (excludes halogenated alkanes) is 45. The topological polar surface area (TPSA) is 25.3 Å². The van der Waals surface area contributed by atoms with E-state index in [0.29, 0.717) is 0 Å². The molecule has 0 atom stereocenters. The van der Waals surface area contributed by atoms with E-state index in [1.54, 1.807) is 4.70 Å². The van der Waals surface area contributed by atoms with E-state index in [1.807, 2.05) is 0 Å². The summed E-state index contributed by atoms with van der Waals surface area (Å²) in [6, 6.07) is 14.6. The second-order valence-electron chi connectivity index (χ2n) is 27.5. The maximum absolute atomic E-state index is 12.5. The monoisotopic (exact) mass is 1260 g/mol. The molecule has 3 heteroatoms. The van der Waals surface area contributed by atoms with Crippen LogP contribution < -0.4 is 0 Å². The van der Waals surface area contributed by atoms with Gasteiger partial charge in [-0.15, -0.1) is 0 Å². The summed E-state index contributed by atoms with van der Waals surface area (Å²) in [4.78, 5) is 0. The molecule has 0 spiro atoms. The first-order valence-corrected chi connectivity index (χ1v) is 39.6. The quantitative estimate of drug-likeness (QED) is 0.0273. The van der Waals surface area contributed by atoms with Gasteiger partial charge < -0.3 is 19.4 Å². The molecule has 1 heterocycles. The molecular weight excluding hydrogens is 1110 g/mol. The van der Waals surface area contributed by atoms with Crippen LogP contribution in [0.15, 0.2) is 47.5 Å². The normalized spacial score (nSPS) is 12.2. The minimum Gasteiger partial charge on any atom is -0.493 e. The Morgan fingerprint density at radius 3 is 0.670 bits per heavy atom. The third-order valence-corrected chi connectivity index (χ3v) is 18.8. The van der Waals surface area contributed by atoms with Crippen molar-refractivity contribution in [3.63, 3.8) is 0 Å². The molecule has 88 heavy (non-hydrogen) atoms. The average molecular weight is 1260 g/mol. The van der Waals surface area contributed by atoms with Crippen molar-refractivity contribution < 1.29 is 21.2 Å². The Labute approximate surface area is 563 Å². The molecule has 2 nitrogen and oxygen atoms in total. The van der Waals surface area contributed by atoms with Gasteiger partial charge in [0.25, 0.3) is 0 Å². The van der Waals surface area contributed by atoms with Gasteiger partial charge in [0.1, 0.15) is 0 Å². The number of benzene rings is 2. The number of hydrogen-bond acceptors (Lipinski definition) is 0. The largest absolute Gasteiger partial charge is 2.00 e. The summed E-state index contributed by atoms with van der Waals surface area (Å²) < 4.78 is 1.66. The van der Waals surface area contributed by atoms with E-state index < -0.39 is 0 Å². The molecule has 0 N–H and O–H groups in total. The van der Waals surface area contributed by atoms with Crippen molar-refractivity contribution in [2.45, 2.75) is 434 Å². The minimum atomic E-state index is 0. The molecule has 1 aliphatic heterocycles. The van der Waals surface area contributed by atoms with Crippen molar-refractivity contribution >= 4 is 11.4 Å². The van der Waals surface area contributed by atoms with Crippen LogP contribution in [-0.4, -0.2) is 4.70 Å². The van der Waals surface area contributed by atoms with Crippen molar-refractivity contribution in [3.05, 3.63) is 100 Å². The van der Waals surface area contributed by atoms with Gasteiger partial charge in [0.05, 0.1) is 0 Å². The van der Waals surface area contributed by atoms with Crippen LogP contribution >= 0.6 is 0 Å². The van der Waals surface area contributed by atoms with Crippen LogP contribution in [0.3, 0.4) is 0 Å². The SMILES string of the molecule is CCCCCCc1cc(CCCCCC)cc(C2=C(CCCC)C(CCCCC)=C(c3cc(CCCC)cc(CCCC)c3)[N+]2=[N-])c1.[CH2-]CCCCCCCCCCCCCCCCCCC.[CH2-]CCCCCCCCCCCCCCCCCCC.[Ni+2]. The fourth-order valence-electron chi connectivity index (χ4n) is 13.1. The molecule has 512 valence electrons. The van der Waals surface area contributed by atoms with Crippen molar-refractivity contribution in [3.8, 4) is 0 Å². The van der Waals surface area contributed by atoms with Gasteiger partial charge in [0.15, 0.2) is 0 Å². The van der Waals surface area contributed by atoms with Crippen LogP contribution in [0.2, 0.25) is 0 Å². The van der Waals surface area contributed by atoms with E-state index in [0.717, 1.165) is 75.6 Å². The molecule has 0 amide bonds. The van der Waals surface area contributed by atoms with Crippen LogP contribution in [0.1, 0.15) is 442 Å². The summed E-state index contributed by atoms with van der Waals surface area (Å²) >= 11 is 0. The first kappa shape index (κ1) is 86.0. The smallest absolute Gasteiger partial charge is 0.493 e. The standard InChI is InChI=1S/C45H70N2.2C20H41.Ni/c1-7-13-19-22-26-38-31-39(27-23-20-14-8-2)35-41(34-38)44-42(28-18-12-6)43(29-21-15-9-3)45(47(44)46)40-32-36(24-16-10-4)30-37(33-40)25-17-11-5;2*1-3-5-7-9-11-13-15-17-19-20-18-16-14-12-10-8-6-4-2;/h30-35H,7-29H2,1-6H3;2*1,3-20H2,2H3;/q;2*-1;+2. The molecule has 0 aliphatic carbocycles. The van der Waals surface area contributed by atoms with Crippen molar-refractivity contribution in [1.29, 1.82) is 0 Å². The maximum Gasteiger partial charge on any atom is 2.00 e. The van der Waals surface area contributed by atoms with E-state index in [9.17, 15) is 5.53 Å². The van der Waals surface area contributed by atoms with Crippen LogP contribution in [0.25, 0.3) is 16.9 Å². The molecule has 2 aromatic rings. The molecule has 1 aliphatic rings. The number of rotatable bonds is 59. The summed E-state index contributed by atoms with van der Waals surface area (Å²) in [5.74, 6) is 0. The van der Waals surface area contributed by atoms with Crippen molar-refractivity contribution in [2.75, 3.05) is 0 Å². The van der Waals surface area contributed by atoms with Gasteiger partial charge in [-0.3, -0.25) is 0 Å². The summed E-state index contributed by atoms with van der Waals surface area (Å²) in [6.07, 6.45) is 79.1. The number of aryl methyl sites for hydroxylation is 4. The van der Waals surface area contributed by atoms with Gasteiger partial charge in [0.2, 0.25) is 11.4 Å². The minimum absolute atomic E-state index is 0. The van der Waals surface area contributed by atoms with Gasteiger partial charge in [-0.1, -0.05) is 356 Å². The fraction of sp³-hybridized carbons (Fsp3) is 0.788. The summed E-state index contributed by atoms with van der Waals surface area (Å²) in [7, 11) is 0. The molecule has 0 radical (unpaired) electrons. The summed E-state index contributed by atoms with van der Waals surface area (Å²) in [5, 5.41) is 0. The molecule has 0 aromatic heterocycles. The molecule has 2 aromatic carbocycles. The molecular formula is C85H152N2Ni. The Morgan fingerprint density at radius 2 is 0.420 bits per heavy atom. The number of allylic oxidation sites excluding steroid dienone is 2. The first-order chi connectivity index (χ1) is 42.8. The van der Waals surface area contributed by atoms with Gasteiger partial charge in [-0.2, -0.15) is 12.8 Å². The fourth-order valence-corrected chi connectivity index (χ4v) is 13.1. The summed E-state index contributed by atoms with van der Waals surface area (Å²) in [6.45, 7) is 26.1. The average Bonchev–Trinajstić information content (AvgIpc) is 1.82. The zero-order chi connectivity index (χ0) is 63.3.